The number of pyridine rings is 1. The summed E-state index contributed by atoms with van der Waals surface area (Å²) >= 11 is 0. The lowest BCUT2D eigenvalue weighted by molar-refractivity contribution is -0.136. The molecule has 0 bridgehead atoms. The van der Waals surface area contributed by atoms with Crippen molar-refractivity contribution in [2.45, 2.75) is 6.42 Å². The second-order valence-electron chi connectivity index (χ2n) is 4.17. The maximum Gasteiger partial charge on any atom is 0.309 e. The number of aliphatic carboxylic acids is 1. The Labute approximate surface area is 108 Å². The molecule has 3 rings (SSSR count). The molecule has 0 fully saturated rings. The van der Waals surface area contributed by atoms with Crippen LogP contribution in [-0.2, 0) is 18.3 Å². The van der Waals surface area contributed by atoms with Gasteiger partial charge in [0.2, 0.25) is 5.78 Å². The topological polar surface area (TPSA) is 85.3 Å². The van der Waals surface area contributed by atoms with E-state index in [0.29, 0.717) is 11.5 Å². The largest absolute Gasteiger partial charge is 0.481 e. The van der Waals surface area contributed by atoms with Crippen LogP contribution in [0.2, 0.25) is 0 Å². The fraction of sp³-hybridized carbons (Fsp3) is 0.167. The molecule has 0 aliphatic carbocycles. The Kier molecular flexibility index (Phi) is 2.52. The highest BCUT2D eigenvalue weighted by molar-refractivity contribution is 5.69. The molecule has 3 aromatic heterocycles. The SMILES string of the molecule is Cn1c(-c2cccnc2)nn2cc(CC(=O)O)nc12. The summed E-state index contributed by atoms with van der Waals surface area (Å²) in [5.74, 6) is 0.434. The third kappa shape index (κ3) is 1.95. The Morgan fingerprint density at radius 2 is 2.32 bits per heavy atom. The van der Waals surface area contributed by atoms with E-state index in [9.17, 15) is 4.79 Å². The van der Waals surface area contributed by atoms with Crippen LogP contribution in [0.25, 0.3) is 17.2 Å². The summed E-state index contributed by atoms with van der Waals surface area (Å²) in [7, 11) is 1.84. The fourth-order valence-corrected chi connectivity index (χ4v) is 1.96. The van der Waals surface area contributed by atoms with Gasteiger partial charge < -0.3 is 5.11 Å². The van der Waals surface area contributed by atoms with Crippen molar-refractivity contribution in [3.05, 3.63) is 36.4 Å². The minimum atomic E-state index is -0.907. The van der Waals surface area contributed by atoms with Gasteiger partial charge in [-0.3, -0.25) is 14.3 Å². The van der Waals surface area contributed by atoms with Crippen molar-refractivity contribution in [3.63, 3.8) is 0 Å². The molecular formula is C12H11N5O2. The predicted molar refractivity (Wildman–Crippen MR) is 66.5 cm³/mol. The number of hydrogen-bond acceptors (Lipinski definition) is 4. The summed E-state index contributed by atoms with van der Waals surface area (Å²) in [6.07, 6.45) is 4.94. The molecule has 0 radical (unpaired) electrons. The molecule has 0 saturated heterocycles. The van der Waals surface area contributed by atoms with Crippen LogP contribution in [0.3, 0.4) is 0 Å². The highest BCUT2D eigenvalue weighted by atomic mass is 16.4. The van der Waals surface area contributed by atoms with E-state index in [1.54, 1.807) is 23.1 Å². The van der Waals surface area contributed by atoms with E-state index in [1.165, 1.54) is 0 Å². The molecule has 7 nitrogen and oxygen atoms in total. The van der Waals surface area contributed by atoms with E-state index >= 15 is 0 Å². The van der Waals surface area contributed by atoms with Crippen molar-refractivity contribution in [2.24, 2.45) is 7.05 Å². The molecule has 96 valence electrons. The highest BCUT2D eigenvalue weighted by Gasteiger charge is 2.14. The van der Waals surface area contributed by atoms with Gasteiger partial charge in [-0.2, -0.15) is 0 Å². The number of fused-ring (bicyclic) bond motifs is 1. The van der Waals surface area contributed by atoms with Crippen LogP contribution in [0.4, 0.5) is 0 Å². The normalized spacial score (nSPS) is 11.0. The Morgan fingerprint density at radius 3 is 2.95 bits per heavy atom. The maximum absolute atomic E-state index is 10.7. The van der Waals surface area contributed by atoms with Crippen LogP contribution < -0.4 is 0 Å². The number of hydrogen-bond donors (Lipinski definition) is 1. The van der Waals surface area contributed by atoms with E-state index in [1.807, 2.05) is 23.7 Å². The molecule has 0 spiro atoms. The standard InChI is InChI=1S/C12H11N5O2/c1-16-11(8-3-2-4-13-6-8)15-17-7-9(5-10(18)19)14-12(16)17/h2-4,6-7H,5H2,1H3,(H,18,19). The van der Waals surface area contributed by atoms with Gasteiger partial charge in [-0.25, -0.2) is 9.50 Å². The van der Waals surface area contributed by atoms with E-state index in [2.05, 4.69) is 15.1 Å². The van der Waals surface area contributed by atoms with Gasteiger partial charge in [-0.05, 0) is 12.1 Å². The van der Waals surface area contributed by atoms with Gasteiger partial charge in [-0.1, -0.05) is 0 Å². The van der Waals surface area contributed by atoms with Crippen LogP contribution in [0, 0.1) is 0 Å². The summed E-state index contributed by atoms with van der Waals surface area (Å²) in [6, 6.07) is 3.75. The molecule has 3 aromatic rings. The number of carboxylic acids is 1. The first-order valence-corrected chi connectivity index (χ1v) is 5.68. The minimum absolute atomic E-state index is 0.106. The van der Waals surface area contributed by atoms with Gasteiger partial charge in [0.05, 0.1) is 18.3 Å². The van der Waals surface area contributed by atoms with Crippen molar-refractivity contribution < 1.29 is 9.90 Å². The number of imidazole rings is 1. The molecule has 0 unspecified atom stereocenters. The molecule has 0 saturated carbocycles. The quantitative estimate of drug-likeness (QED) is 0.748. The monoisotopic (exact) mass is 257 g/mol. The molecule has 0 aliphatic heterocycles. The average molecular weight is 257 g/mol. The van der Waals surface area contributed by atoms with Crippen LogP contribution in [0.15, 0.2) is 30.7 Å². The molecule has 0 aliphatic rings. The van der Waals surface area contributed by atoms with E-state index in [-0.39, 0.29) is 6.42 Å². The van der Waals surface area contributed by atoms with Crippen molar-refractivity contribution in [1.29, 1.82) is 0 Å². The lowest BCUT2D eigenvalue weighted by Gasteiger charge is -1.99. The van der Waals surface area contributed by atoms with Crippen LogP contribution in [0.5, 0.6) is 0 Å². The Bertz CT molecular complexity index is 744. The third-order valence-corrected chi connectivity index (χ3v) is 2.79. The maximum atomic E-state index is 10.7. The third-order valence-electron chi connectivity index (χ3n) is 2.79. The zero-order valence-corrected chi connectivity index (χ0v) is 10.2. The number of aryl methyl sites for hydroxylation is 1. The van der Waals surface area contributed by atoms with Gasteiger partial charge in [0.25, 0.3) is 0 Å². The van der Waals surface area contributed by atoms with Crippen LogP contribution in [0.1, 0.15) is 5.69 Å². The van der Waals surface area contributed by atoms with Crippen molar-refractivity contribution in [3.8, 4) is 11.4 Å². The smallest absolute Gasteiger partial charge is 0.309 e. The van der Waals surface area contributed by atoms with Crippen molar-refractivity contribution in [1.82, 2.24) is 24.1 Å². The molecule has 0 aromatic carbocycles. The van der Waals surface area contributed by atoms with E-state index < -0.39 is 5.97 Å². The molecule has 0 atom stereocenters. The van der Waals surface area contributed by atoms with Gasteiger partial charge in [0.1, 0.15) is 0 Å². The van der Waals surface area contributed by atoms with Crippen LogP contribution >= 0.6 is 0 Å². The fourth-order valence-electron chi connectivity index (χ4n) is 1.96. The zero-order valence-electron chi connectivity index (χ0n) is 10.2. The first-order chi connectivity index (χ1) is 9.15. The van der Waals surface area contributed by atoms with Gasteiger partial charge in [0, 0.05) is 25.0 Å². The summed E-state index contributed by atoms with van der Waals surface area (Å²) in [5, 5.41) is 13.1. The van der Waals surface area contributed by atoms with E-state index in [0.717, 1.165) is 11.4 Å². The lowest BCUT2D eigenvalue weighted by atomic mass is 10.3. The Morgan fingerprint density at radius 1 is 1.47 bits per heavy atom. The Balaban J connectivity index is 2.08. The number of nitrogens with zero attached hydrogens (tertiary/aromatic N) is 5. The summed E-state index contributed by atoms with van der Waals surface area (Å²) < 4.78 is 3.39. The second kappa shape index (κ2) is 4.20. The average Bonchev–Trinajstić information content (AvgIpc) is 2.90. The van der Waals surface area contributed by atoms with Crippen LogP contribution in [-0.4, -0.2) is 35.2 Å². The Hall–Kier alpha value is -2.70. The predicted octanol–water partition coefficient (Wildman–Crippen LogP) is 0.757. The lowest BCUT2D eigenvalue weighted by Crippen LogP contribution is -2.01. The molecule has 7 heteroatoms. The molecule has 3 heterocycles. The molecule has 1 N–H and O–H groups in total. The molecular weight excluding hydrogens is 246 g/mol. The van der Waals surface area contributed by atoms with E-state index in [4.69, 9.17) is 5.11 Å². The number of aromatic nitrogens is 5. The van der Waals surface area contributed by atoms with Crippen molar-refractivity contribution >= 4 is 11.7 Å². The van der Waals surface area contributed by atoms with Gasteiger partial charge >= 0.3 is 5.97 Å². The molecule has 0 amide bonds. The van der Waals surface area contributed by atoms with Gasteiger partial charge in [-0.15, -0.1) is 5.10 Å². The number of carboxylic acid groups (broad SMARTS) is 1. The number of carbonyl (C=O) groups is 1. The zero-order chi connectivity index (χ0) is 13.4. The highest BCUT2D eigenvalue weighted by Crippen LogP contribution is 2.18. The number of rotatable bonds is 3. The van der Waals surface area contributed by atoms with Gasteiger partial charge in [0.15, 0.2) is 5.82 Å². The minimum Gasteiger partial charge on any atom is -0.481 e. The second-order valence-corrected chi connectivity index (χ2v) is 4.17. The first kappa shape index (κ1) is 11.4. The van der Waals surface area contributed by atoms with Crippen molar-refractivity contribution in [2.75, 3.05) is 0 Å². The summed E-state index contributed by atoms with van der Waals surface area (Å²) in [4.78, 5) is 19.0. The molecule has 19 heavy (non-hydrogen) atoms. The summed E-state index contributed by atoms with van der Waals surface area (Å²) in [6.45, 7) is 0. The first-order valence-electron chi connectivity index (χ1n) is 5.68. The summed E-state index contributed by atoms with van der Waals surface area (Å²) in [5.41, 5.74) is 1.37.